The van der Waals surface area contributed by atoms with E-state index in [1.165, 1.54) is 5.57 Å². The maximum Gasteiger partial charge on any atom is 0.164 e. The van der Waals surface area contributed by atoms with Gasteiger partial charge in [0, 0.05) is 5.92 Å². The van der Waals surface area contributed by atoms with Crippen LogP contribution in [0.15, 0.2) is 12.2 Å². The minimum Gasteiger partial charge on any atom is -0.352 e. The first kappa shape index (κ1) is 5.45. The van der Waals surface area contributed by atoms with Crippen LogP contribution in [0.2, 0.25) is 0 Å². The Balaban J connectivity index is 2.15. The molecule has 2 nitrogen and oxygen atoms in total. The summed E-state index contributed by atoms with van der Waals surface area (Å²) in [5, 5.41) is 0. The monoisotopic (exact) mass is 126 g/mol. The van der Waals surface area contributed by atoms with Gasteiger partial charge in [-0.1, -0.05) is 6.58 Å². The van der Waals surface area contributed by atoms with Gasteiger partial charge in [-0.05, 0) is 12.0 Å². The van der Waals surface area contributed by atoms with E-state index in [1.807, 2.05) is 0 Å². The third kappa shape index (κ3) is 0.705. The molecule has 2 fully saturated rings. The highest BCUT2D eigenvalue weighted by molar-refractivity contribution is 5.08. The highest BCUT2D eigenvalue weighted by Crippen LogP contribution is 2.33. The van der Waals surface area contributed by atoms with Gasteiger partial charge in [0.05, 0.1) is 13.2 Å². The molecule has 2 heterocycles. The van der Waals surface area contributed by atoms with Crippen molar-refractivity contribution in [1.29, 1.82) is 0 Å². The zero-order chi connectivity index (χ0) is 6.27. The molecule has 0 radical (unpaired) electrons. The van der Waals surface area contributed by atoms with Gasteiger partial charge in [0.25, 0.3) is 0 Å². The average molecular weight is 126 g/mol. The maximum atomic E-state index is 5.27. The zero-order valence-electron chi connectivity index (χ0n) is 5.30. The fraction of sp³-hybridized carbons (Fsp3) is 0.714. The van der Waals surface area contributed by atoms with Gasteiger partial charge < -0.3 is 9.47 Å². The SMILES string of the molecule is C=C1CO[C@@H]2OCC[C@@H]12. The third-order valence-electron chi connectivity index (χ3n) is 2.00. The highest BCUT2D eigenvalue weighted by atomic mass is 16.7. The van der Waals surface area contributed by atoms with Gasteiger partial charge in [-0.15, -0.1) is 0 Å². The van der Waals surface area contributed by atoms with Crippen molar-refractivity contribution < 1.29 is 9.47 Å². The van der Waals surface area contributed by atoms with Gasteiger partial charge in [0.2, 0.25) is 0 Å². The van der Waals surface area contributed by atoms with Crippen LogP contribution >= 0.6 is 0 Å². The Bertz CT molecular complexity index is 142. The number of fused-ring (bicyclic) bond motifs is 1. The summed E-state index contributed by atoms with van der Waals surface area (Å²) in [5.41, 5.74) is 1.21. The lowest BCUT2D eigenvalue weighted by Crippen LogP contribution is -2.09. The smallest absolute Gasteiger partial charge is 0.164 e. The van der Waals surface area contributed by atoms with Crippen LogP contribution in [0.25, 0.3) is 0 Å². The molecule has 2 atom stereocenters. The Hall–Kier alpha value is -0.340. The largest absolute Gasteiger partial charge is 0.352 e. The van der Waals surface area contributed by atoms with E-state index in [4.69, 9.17) is 9.47 Å². The van der Waals surface area contributed by atoms with Crippen LogP contribution in [0.4, 0.5) is 0 Å². The second-order valence-corrected chi connectivity index (χ2v) is 2.60. The number of rotatable bonds is 0. The molecular formula is C7H10O2. The van der Waals surface area contributed by atoms with Gasteiger partial charge in [0.15, 0.2) is 6.29 Å². The first-order chi connectivity index (χ1) is 4.38. The lowest BCUT2D eigenvalue weighted by atomic mass is 10.0. The molecule has 0 bridgehead atoms. The molecule has 2 saturated heterocycles. The topological polar surface area (TPSA) is 18.5 Å². The van der Waals surface area contributed by atoms with Gasteiger partial charge in [-0.3, -0.25) is 0 Å². The molecule has 0 amide bonds. The number of hydrogen-bond donors (Lipinski definition) is 0. The molecule has 9 heavy (non-hydrogen) atoms. The Kier molecular flexibility index (Phi) is 1.10. The van der Waals surface area contributed by atoms with Gasteiger partial charge in [-0.25, -0.2) is 0 Å². The molecule has 0 aliphatic carbocycles. The second-order valence-electron chi connectivity index (χ2n) is 2.60. The Labute approximate surface area is 54.5 Å². The van der Waals surface area contributed by atoms with Crippen LogP contribution in [0.1, 0.15) is 6.42 Å². The van der Waals surface area contributed by atoms with Crippen LogP contribution in [-0.4, -0.2) is 19.5 Å². The lowest BCUT2D eigenvalue weighted by molar-refractivity contribution is -0.0904. The molecule has 50 valence electrons. The van der Waals surface area contributed by atoms with Crippen LogP contribution in [0, 0.1) is 5.92 Å². The maximum absolute atomic E-state index is 5.27. The first-order valence-electron chi connectivity index (χ1n) is 3.29. The molecule has 0 saturated carbocycles. The van der Waals surface area contributed by atoms with E-state index in [1.54, 1.807) is 0 Å². The molecule has 0 aromatic heterocycles. The van der Waals surface area contributed by atoms with Gasteiger partial charge >= 0.3 is 0 Å². The summed E-state index contributed by atoms with van der Waals surface area (Å²) < 4.78 is 10.5. The molecule has 2 rings (SSSR count). The molecule has 2 heteroatoms. The first-order valence-corrected chi connectivity index (χ1v) is 3.29. The number of ether oxygens (including phenoxy) is 2. The average Bonchev–Trinajstić information content (AvgIpc) is 2.35. The predicted octanol–water partition coefficient (Wildman–Crippen LogP) is 0.935. The van der Waals surface area contributed by atoms with Crippen LogP contribution < -0.4 is 0 Å². The van der Waals surface area contributed by atoms with E-state index in [0.29, 0.717) is 12.5 Å². The summed E-state index contributed by atoms with van der Waals surface area (Å²) in [4.78, 5) is 0. The Morgan fingerprint density at radius 1 is 1.44 bits per heavy atom. The van der Waals surface area contributed by atoms with E-state index in [-0.39, 0.29) is 6.29 Å². The normalized spacial score (nSPS) is 41.6. The van der Waals surface area contributed by atoms with Crippen molar-refractivity contribution in [2.24, 2.45) is 5.92 Å². The van der Waals surface area contributed by atoms with Crippen molar-refractivity contribution in [3.8, 4) is 0 Å². The summed E-state index contributed by atoms with van der Waals surface area (Å²) in [6.07, 6.45) is 1.15. The standard InChI is InChI=1S/C7H10O2/c1-5-4-9-7-6(5)2-3-8-7/h6-7H,1-4H2/t6-,7-/m0/s1. The van der Waals surface area contributed by atoms with Gasteiger partial charge in [-0.2, -0.15) is 0 Å². The van der Waals surface area contributed by atoms with Crippen LogP contribution in [0.3, 0.4) is 0 Å². The molecule has 2 aliphatic heterocycles. The van der Waals surface area contributed by atoms with E-state index >= 15 is 0 Å². The molecule has 0 aromatic rings. The van der Waals surface area contributed by atoms with Gasteiger partial charge in [0.1, 0.15) is 0 Å². The van der Waals surface area contributed by atoms with E-state index in [9.17, 15) is 0 Å². The molecule has 0 N–H and O–H groups in total. The highest BCUT2D eigenvalue weighted by Gasteiger charge is 2.36. The summed E-state index contributed by atoms with van der Waals surface area (Å²) in [5.74, 6) is 0.505. The molecule has 0 spiro atoms. The van der Waals surface area contributed by atoms with E-state index in [0.717, 1.165) is 13.0 Å². The minimum atomic E-state index is 0.0532. The van der Waals surface area contributed by atoms with Crippen LogP contribution in [0.5, 0.6) is 0 Å². The Morgan fingerprint density at radius 3 is 3.11 bits per heavy atom. The van der Waals surface area contributed by atoms with Crippen molar-refractivity contribution in [3.05, 3.63) is 12.2 Å². The van der Waals surface area contributed by atoms with Crippen molar-refractivity contribution in [3.63, 3.8) is 0 Å². The molecule has 0 unspecified atom stereocenters. The second kappa shape index (κ2) is 1.82. The third-order valence-corrected chi connectivity index (χ3v) is 2.00. The van der Waals surface area contributed by atoms with E-state index < -0.39 is 0 Å². The fourth-order valence-corrected chi connectivity index (χ4v) is 1.42. The summed E-state index contributed by atoms with van der Waals surface area (Å²) in [6, 6.07) is 0. The summed E-state index contributed by atoms with van der Waals surface area (Å²) >= 11 is 0. The predicted molar refractivity (Wildman–Crippen MR) is 32.9 cm³/mol. The van der Waals surface area contributed by atoms with Crippen molar-refractivity contribution in [2.45, 2.75) is 12.7 Å². The molecule has 2 aliphatic rings. The molecular weight excluding hydrogens is 116 g/mol. The van der Waals surface area contributed by atoms with Crippen molar-refractivity contribution in [2.75, 3.05) is 13.2 Å². The van der Waals surface area contributed by atoms with Crippen LogP contribution in [-0.2, 0) is 9.47 Å². The minimum absolute atomic E-state index is 0.0532. The molecule has 0 aromatic carbocycles. The van der Waals surface area contributed by atoms with Crippen molar-refractivity contribution >= 4 is 0 Å². The summed E-state index contributed by atoms with van der Waals surface area (Å²) in [7, 11) is 0. The summed E-state index contributed by atoms with van der Waals surface area (Å²) in [6.45, 7) is 5.44. The lowest BCUT2D eigenvalue weighted by Gasteiger charge is -2.04. The van der Waals surface area contributed by atoms with E-state index in [2.05, 4.69) is 6.58 Å². The van der Waals surface area contributed by atoms with Crippen molar-refractivity contribution in [1.82, 2.24) is 0 Å². The number of hydrogen-bond acceptors (Lipinski definition) is 2. The quantitative estimate of drug-likeness (QED) is 0.450. The Morgan fingerprint density at radius 2 is 2.33 bits per heavy atom. The zero-order valence-corrected chi connectivity index (χ0v) is 5.30. The fourth-order valence-electron chi connectivity index (χ4n) is 1.42.